The average molecular weight is 197 g/mol. The van der Waals surface area contributed by atoms with E-state index in [0.717, 1.165) is 6.54 Å². The van der Waals surface area contributed by atoms with Crippen LogP contribution < -0.4 is 10.1 Å². The lowest BCUT2D eigenvalue weighted by atomic mass is 10.1. The van der Waals surface area contributed by atoms with Crippen LogP contribution in [0.3, 0.4) is 0 Å². The Kier molecular flexibility index (Phi) is 3.47. The number of halogens is 1. The lowest BCUT2D eigenvalue weighted by Crippen LogP contribution is -2.38. The summed E-state index contributed by atoms with van der Waals surface area (Å²) in [7, 11) is 1.87. The molecule has 1 N–H and O–H groups in total. The summed E-state index contributed by atoms with van der Waals surface area (Å²) in [6.07, 6.45) is 0. The van der Waals surface area contributed by atoms with Gasteiger partial charge in [0.25, 0.3) is 0 Å². The Morgan fingerprint density at radius 3 is 2.36 bits per heavy atom. The minimum absolute atomic E-state index is 0.247. The number of ether oxygens (including phenoxy) is 1. The van der Waals surface area contributed by atoms with Crippen LogP contribution in [0.15, 0.2) is 24.3 Å². The molecule has 3 heteroatoms. The molecule has 0 spiro atoms. The molecule has 0 saturated carbocycles. The second kappa shape index (κ2) is 4.42. The van der Waals surface area contributed by atoms with Crippen LogP contribution >= 0.6 is 0 Å². The fourth-order valence-corrected chi connectivity index (χ4v) is 1.28. The molecule has 0 atom stereocenters. The van der Waals surface area contributed by atoms with E-state index >= 15 is 0 Å². The molecule has 0 aromatic heterocycles. The van der Waals surface area contributed by atoms with Gasteiger partial charge in [0.05, 0.1) is 0 Å². The minimum atomic E-state index is -0.285. The van der Waals surface area contributed by atoms with Crippen molar-refractivity contribution in [3.8, 4) is 5.75 Å². The molecule has 0 saturated heterocycles. The Morgan fingerprint density at radius 1 is 1.29 bits per heavy atom. The molecule has 0 heterocycles. The van der Waals surface area contributed by atoms with Crippen LogP contribution in [-0.2, 0) is 0 Å². The van der Waals surface area contributed by atoms with E-state index in [1.54, 1.807) is 12.1 Å². The summed E-state index contributed by atoms with van der Waals surface area (Å²) < 4.78 is 18.3. The van der Waals surface area contributed by atoms with Gasteiger partial charge in [0.2, 0.25) is 0 Å². The zero-order valence-corrected chi connectivity index (χ0v) is 8.80. The standard InChI is InChI=1S/C11H16FNO/c1-11(2,8-13-3)14-10-6-4-9(12)5-7-10/h4-7,13H,8H2,1-3H3. The predicted molar refractivity (Wildman–Crippen MR) is 55.0 cm³/mol. The van der Waals surface area contributed by atoms with E-state index in [2.05, 4.69) is 5.32 Å². The van der Waals surface area contributed by atoms with Gasteiger partial charge in [-0.1, -0.05) is 0 Å². The van der Waals surface area contributed by atoms with Crippen LogP contribution in [-0.4, -0.2) is 19.2 Å². The molecule has 2 nitrogen and oxygen atoms in total. The largest absolute Gasteiger partial charge is 0.487 e. The molecule has 0 aliphatic carbocycles. The molecule has 1 aromatic rings. The number of hydrogen-bond acceptors (Lipinski definition) is 2. The molecular weight excluding hydrogens is 181 g/mol. The van der Waals surface area contributed by atoms with E-state index in [1.807, 2.05) is 20.9 Å². The topological polar surface area (TPSA) is 21.3 Å². The highest BCUT2D eigenvalue weighted by atomic mass is 19.1. The molecule has 78 valence electrons. The first kappa shape index (κ1) is 11.0. The fourth-order valence-electron chi connectivity index (χ4n) is 1.28. The Balaban J connectivity index is 2.64. The van der Waals surface area contributed by atoms with Crippen LogP contribution in [0.5, 0.6) is 5.75 Å². The van der Waals surface area contributed by atoms with Gasteiger partial charge in [-0.2, -0.15) is 0 Å². The van der Waals surface area contributed by atoms with Gasteiger partial charge in [-0.05, 0) is 45.2 Å². The van der Waals surface area contributed by atoms with Crippen molar-refractivity contribution < 1.29 is 9.13 Å². The normalized spacial score (nSPS) is 11.4. The Labute approximate surface area is 84.1 Å². The number of nitrogens with one attached hydrogen (secondary N) is 1. The molecular formula is C11H16FNO. The Morgan fingerprint density at radius 2 is 1.86 bits per heavy atom. The molecule has 0 amide bonds. The van der Waals surface area contributed by atoms with Gasteiger partial charge in [-0.15, -0.1) is 0 Å². The van der Waals surface area contributed by atoms with Crippen molar-refractivity contribution in [3.63, 3.8) is 0 Å². The van der Waals surface area contributed by atoms with E-state index in [-0.39, 0.29) is 11.4 Å². The third kappa shape index (κ3) is 3.34. The van der Waals surface area contributed by atoms with Crippen molar-refractivity contribution in [2.45, 2.75) is 19.4 Å². The monoisotopic (exact) mass is 197 g/mol. The van der Waals surface area contributed by atoms with Gasteiger partial charge in [-0.25, -0.2) is 4.39 Å². The summed E-state index contributed by atoms with van der Waals surface area (Å²) in [4.78, 5) is 0. The maximum atomic E-state index is 12.6. The molecule has 1 rings (SSSR count). The van der Waals surface area contributed by atoms with Gasteiger partial charge in [0.15, 0.2) is 0 Å². The molecule has 14 heavy (non-hydrogen) atoms. The van der Waals surface area contributed by atoms with Crippen molar-refractivity contribution >= 4 is 0 Å². The fraction of sp³-hybridized carbons (Fsp3) is 0.455. The highest BCUT2D eigenvalue weighted by Gasteiger charge is 2.18. The smallest absolute Gasteiger partial charge is 0.123 e. The average Bonchev–Trinajstić information content (AvgIpc) is 2.08. The minimum Gasteiger partial charge on any atom is -0.487 e. The zero-order valence-electron chi connectivity index (χ0n) is 8.80. The second-order valence-corrected chi connectivity index (χ2v) is 3.85. The van der Waals surface area contributed by atoms with Gasteiger partial charge in [0.1, 0.15) is 17.2 Å². The van der Waals surface area contributed by atoms with E-state index in [1.165, 1.54) is 12.1 Å². The van der Waals surface area contributed by atoms with Crippen molar-refractivity contribution in [2.75, 3.05) is 13.6 Å². The zero-order chi connectivity index (χ0) is 10.6. The second-order valence-electron chi connectivity index (χ2n) is 3.85. The van der Waals surface area contributed by atoms with Crippen LogP contribution in [0.1, 0.15) is 13.8 Å². The number of rotatable bonds is 4. The van der Waals surface area contributed by atoms with Crippen LogP contribution in [0.2, 0.25) is 0 Å². The van der Waals surface area contributed by atoms with E-state index in [4.69, 9.17) is 4.74 Å². The lowest BCUT2D eigenvalue weighted by molar-refractivity contribution is 0.110. The predicted octanol–water partition coefficient (Wildman–Crippen LogP) is 2.20. The molecule has 0 fully saturated rings. The molecule has 1 aromatic carbocycles. The summed E-state index contributed by atoms with van der Waals surface area (Å²) >= 11 is 0. The first-order chi connectivity index (χ1) is 6.53. The van der Waals surface area contributed by atoms with Gasteiger partial charge >= 0.3 is 0 Å². The maximum absolute atomic E-state index is 12.6. The maximum Gasteiger partial charge on any atom is 0.123 e. The number of benzene rings is 1. The quantitative estimate of drug-likeness (QED) is 0.799. The van der Waals surface area contributed by atoms with Crippen LogP contribution in [0.25, 0.3) is 0 Å². The highest BCUT2D eigenvalue weighted by molar-refractivity contribution is 5.22. The summed E-state index contributed by atoms with van der Waals surface area (Å²) in [5.74, 6) is 0.440. The van der Waals surface area contributed by atoms with Crippen molar-refractivity contribution in [3.05, 3.63) is 30.1 Å². The van der Waals surface area contributed by atoms with E-state index < -0.39 is 0 Å². The summed E-state index contributed by atoms with van der Waals surface area (Å²) in [5.41, 5.74) is -0.285. The van der Waals surface area contributed by atoms with Gasteiger partial charge in [0, 0.05) is 6.54 Å². The van der Waals surface area contributed by atoms with E-state index in [9.17, 15) is 4.39 Å². The molecule has 0 unspecified atom stereocenters. The van der Waals surface area contributed by atoms with Crippen molar-refractivity contribution in [2.24, 2.45) is 0 Å². The van der Waals surface area contributed by atoms with Gasteiger partial charge in [-0.3, -0.25) is 0 Å². The Bertz CT molecular complexity index is 282. The summed E-state index contributed by atoms with van der Waals surface area (Å²) in [5, 5.41) is 3.04. The molecule has 0 aliphatic rings. The number of hydrogen-bond donors (Lipinski definition) is 1. The first-order valence-electron chi connectivity index (χ1n) is 4.63. The van der Waals surface area contributed by atoms with Gasteiger partial charge < -0.3 is 10.1 Å². The van der Waals surface area contributed by atoms with Crippen molar-refractivity contribution in [1.29, 1.82) is 0 Å². The molecule has 0 aliphatic heterocycles. The highest BCUT2D eigenvalue weighted by Crippen LogP contribution is 2.17. The summed E-state index contributed by atoms with van der Waals surface area (Å²) in [6.45, 7) is 4.70. The lowest BCUT2D eigenvalue weighted by Gasteiger charge is -2.26. The molecule has 0 bridgehead atoms. The van der Waals surface area contributed by atoms with Crippen molar-refractivity contribution in [1.82, 2.24) is 5.32 Å². The molecule has 0 radical (unpaired) electrons. The third-order valence-electron chi connectivity index (χ3n) is 1.81. The Hall–Kier alpha value is -1.09. The van der Waals surface area contributed by atoms with Crippen LogP contribution in [0, 0.1) is 5.82 Å². The SMILES string of the molecule is CNCC(C)(C)Oc1ccc(F)cc1. The third-order valence-corrected chi connectivity index (χ3v) is 1.81. The van der Waals surface area contributed by atoms with Crippen LogP contribution in [0.4, 0.5) is 4.39 Å². The summed E-state index contributed by atoms with van der Waals surface area (Å²) in [6, 6.07) is 6.05. The first-order valence-corrected chi connectivity index (χ1v) is 4.63. The van der Waals surface area contributed by atoms with E-state index in [0.29, 0.717) is 5.75 Å². The number of likely N-dealkylation sites (N-methyl/N-ethyl adjacent to an activating group) is 1.